The summed E-state index contributed by atoms with van der Waals surface area (Å²) >= 11 is 1.53. The van der Waals surface area contributed by atoms with Crippen LogP contribution in [0.25, 0.3) is 0 Å². The Bertz CT molecular complexity index is 362. The number of hydrogen-bond donors (Lipinski definition) is 3. The number of rotatable bonds is 5. The SMILES string of the molecule is CCC(NC(=O)Cc1cccs1)/C(N)=N/O. The van der Waals surface area contributed by atoms with Gasteiger partial charge in [0, 0.05) is 4.88 Å². The number of hydrogen-bond acceptors (Lipinski definition) is 4. The van der Waals surface area contributed by atoms with Gasteiger partial charge in [-0.3, -0.25) is 4.79 Å². The van der Waals surface area contributed by atoms with E-state index in [9.17, 15) is 4.79 Å². The lowest BCUT2D eigenvalue weighted by Crippen LogP contribution is -2.44. The molecule has 1 heterocycles. The summed E-state index contributed by atoms with van der Waals surface area (Å²) in [7, 11) is 0. The highest BCUT2D eigenvalue weighted by Crippen LogP contribution is 2.09. The van der Waals surface area contributed by atoms with Crippen LogP contribution < -0.4 is 11.1 Å². The number of nitrogens with zero attached hydrogens (tertiary/aromatic N) is 1. The first-order valence-electron chi connectivity index (χ1n) is 4.96. The lowest BCUT2D eigenvalue weighted by Gasteiger charge is -2.14. The van der Waals surface area contributed by atoms with Crippen molar-refractivity contribution in [2.45, 2.75) is 25.8 Å². The Balaban J connectivity index is 2.50. The number of carbonyl (C=O) groups is 1. The van der Waals surface area contributed by atoms with Crippen LogP contribution in [0.3, 0.4) is 0 Å². The zero-order valence-electron chi connectivity index (χ0n) is 9.01. The van der Waals surface area contributed by atoms with Crippen molar-refractivity contribution < 1.29 is 10.0 Å². The Morgan fingerprint density at radius 2 is 2.50 bits per heavy atom. The maximum Gasteiger partial charge on any atom is 0.225 e. The van der Waals surface area contributed by atoms with E-state index < -0.39 is 6.04 Å². The largest absolute Gasteiger partial charge is 0.409 e. The molecule has 0 saturated carbocycles. The molecule has 1 atom stereocenters. The molecule has 0 bridgehead atoms. The Morgan fingerprint density at radius 3 is 3.00 bits per heavy atom. The van der Waals surface area contributed by atoms with Crippen molar-refractivity contribution in [3.8, 4) is 0 Å². The van der Waals surface area contributed by atoms with Crippen LogP contribution in [0.4, 0.5) is 0 Å². The molecule has 1 aromatic rings. The molecular weight excluding hydrogens is 226 g/mol. The highest BCUT2D eigenvalue weighted by atomic mass is 32.1. The monoisotopic (exact) mass is 241 g/mol. The Hall–Kier alpha value is -1.56. The highest BCUT2D eigenvalue weighted by molar-refractivity contribution is 7.10. The molecule has 16 heavy (non-hydrogen) atoms. The molecule has 1 amide bonds. The quantitative estimate of drug-likeness (QED) is 0.310. The fraction of sp³-hybridized carbons (Fsp3) is 0.400. The summed E-state index contributed by atoms with van der Waals surface area (Å²) in [5, 5.41) is 16.0. The predicted octanol–water partition coefficient (Wildman–Crippen LogP) is 0.932. The molecule has 0 saturated heterocycles. The van der Waals surface area contributed by atoms with Gasteiger partial charge in [0.2, 0.25) is 5.91 Å². The van der Waals surface area contributed by atoms with Crippen LogP contribution in [0.5, 0.6) is 0 Å². The van der Waals surface area contributed by atoms with E-state index in [2.05, 4.69) is 10.5 Å². The first-order chi connectivity index (χ1) is 7.67. The summed E-state index contributed by atoms with van der Waals surface area (Å²) in [6.45, 7) is 1.86. The third kappa shape index (κ3) is 3.54. The average Bonchev–Trinajstić information content (AvgIpc) is 2.77. The van der Waals surface area contributed by atoms with Gasteiger partial charge in [-0.2, -0.15) is 0 Å². The van der Waals surface area contributed by atoms with Gasteiger partial charge in [0.1, 0.15) is 0 Å². The molecule has 1 rings (SSSR count). The number of carbonyl (C=O) groups excluding carboxylic acids is 1. The van der Waals surface area contributed by atoms with Gasteiger partial charge in [-0.25, -0.2) is 0 Å². The fourth-order valence-corrected chi connectivity index (χ4v) is 1.98. The molecule has 0 fully saturated rings. The van der Waals surface area contributed by atoms with Crippen molar-refractivity contribution in [1.29, 1.82) is 0 Å². The van der Waals surface area contributed by atoms with Crippen LogP contribution in [-0.4, -0.2) is 23.0 Å². The van der Waals surface area contributed by atoms with Gasteiger partial charge in [-0.1, -0.05) is 18.1 Å². The van der Waals surface area contributed by atoms with Crippen molar-refractivity contribution in [1.82, 2.24) is 5.32 Å². The van der Waals surface area contributed by atoms with Crippen molar-refractivity contribution in [3.05, 3.63) is 22.4 Å². The Morgan fingerprint density at radius 1 is 1.75 bits per heavy atom. The number of thiophene rings is 1. The van der Waals surface area contributed by atoms with Crippen LogP contribution >= 0.6 is 11.3 Å². The summed E-state index contributed by atoms with van der Waals surface area (Å²) in [6.07, 6.45) is 0.916. The number of oxime groups is 1. The molecule has 4 N–H and O–H groups in total. The van der Waals surface area contributed by atoms with Crippen molar-refractivity contribution in [2.75, 3.05) is 0 Å². The van der Waals surface area contributed by atoms with Crippen LogP contribution in [0, 0.1) is 0 Å². The molecule has 0 radical (unpaired) electrons. The summed E-state index contributed by atoms with van der Waals surface area (Å²) in [6, 6.07) is 3.39. The van der Waals surface area contributed by atoms with Gasteiger partial charge >= 0.3 is 0 Å². The van der Waals surface area contributed by atoms with Crippen LogP contribution in [-0.2, 0) is 11.2 Å². The summed E-state index contributed by atoms with van der Waals surface area (Å²) in [5.74, 6) is -0.0945. The lowest BCUT2D eigenvalue weighted by molar-refractivity contribution is -0.120. The van der Waals surface area contributed by atoms with Crippen LogP contribution in [0.2, 0.25) is 0 Å². The van der Waals surface area contributed by atoms with Gasteiger partial charge in [-0.15, -0.1) is 11.3 Å². The van der Waals surface area contributed by atoms with E-state index in [0.717, 1.165) is 4.88 Å². The first kappa shape index (κ1) is 12.5. The number of nitrogens with one attached hydrogen (secondary N) is 1. The maximum absolute atomic E-state index is 11.6. The second-order valence-electron chi connectivity index (χ2n) is 3.31. The first-order valence-corrected chi connectivity index (χ1v) is 5.84. The van der Waals surface area contributed by atoms with Gasteiger partial charge < -0.3 is 16.3 Å². The van der Waals surface area contributed by atoms with Crippen molar-refractivity contribution in [2.24, 2.45) is 10.9 Å². The average molecular weight is 241 g/mol. The number of amides is 1. The molecule has 6 heteroatoms. The molecular formula is C10H15N3O2S. The minimum atomic E-state index is -0.405. The second-order valence-corrected chi connectivity index (χ2v) is 4.34. The minimum Gasteiger partial charge on any atom is -0.409 e. The van der Waals surface area contributed by atoms with Crippen molar-refractivity contribution >= 4 is 23.1 Å². The molecule has 0 aliphatic carbocycles. The van der Waals surface area contributed by atoms with Gasteiger partial charge in [0.05, 0.1) is 12.5 Å². The third-order valence-electron chi connectivity index (χ3n) is 2.13. The fourth-order valence-electron chi connectivity index (χ4n) is 1.27. The minimum absolute atomic E-state index is 0.0297. The molecule has 0 aliphatic heterocycles. The lowest BCUT2D eigenvalue weighted by atomic mass is 10.2. The topological polar surface area (TPSA) is 87.7 Å². The normalized spacial score (nSPS) is 13.4. The Labute approximate surface area is 98.0 Å². The molecule has 1 aromatic heterocycles. The van der Waals surface area contributed by atoms with Gasteiger partial charge in [0.15, 0.2) is 5.84 Å². The standard InChI is InChI=1S/C10H15N3O2S/c1-2-8(10(11)13-15)12-9(14)6-7-4-3-5-16-7/h3-5,8,15H,2,6H2,1H3,(H2,11,13)(H,12,14). The molecule has 0 aromatic carbocycles. The number of nitrogens with two attached hydrogens (primary N) is 1. The van der Waals surface area contributed by atoms with E-state index in [1.807, 2.05) is 24.4 Å². The van der Waals surface area contributed by atoms with Gasteiger partial charge in [-0.05, 0) is 17.9 Å². The Kier molecular flexibility index (Phi) is 4.78. The second kappa shape index (κ2) is 6.12. The van der Waals surface area contributed by atoms with E-state index in [1.165, 1.54) is 11.3 Å². The molecule has 5 nitrogen and oxygen atoms in total. The highest BCUT2D eigenvalue weighted by Gasteiger charge is 2.14. The smallest absolute Gasteiger partial charge is 0.225 e. The van der Waals surface area contributed by atoms with E-state index in [4.69, 9.17) is 10.9 Å². The van der Waals surface area contributed by atoms with E-state index >= 15 is 0 Å². The summed E-state index contributed by atoms with van der Waals surface area (Å²) in [4.78, 5) is 12.6. The molecule has 0 spiro atoms. The predicted molar refractivity (Wildman–Crippen MR) is 63.7 cm³/mol. The molecule has 0 aliphatic rings. The third-order valence-corrected chi connectivity index (χ3v) is 3.01. The van der Waals surface area contributed by atoms with E-state index in [-0.39, 0.29) is 11.7 Å². The van der Waals surface area contributed by atoms with E-state index in [1.54, 1.807) is 0 Å². The zero-order valence-corrected chi connectivity index (χ0v) is 9.83. The van der Waals surface area contributed by atoms with Crippen LogP contribution in [0.1, 0.15) is 18.2 Å². The van der Waals surface area contributed by atoms with E-state index in [0.29, 0.717) is 12.8 Å². The summed E-state index contributed by atoms with van der Waals surface area (Å²) in [5.41, 5.74) is 5.44. The molecule has 1 unspecified atom stereocenters. The summed E-state index contributed by atoms with van der Waals surface area (Å²) < 4.78 is 0. The zero-order chi connectivity index (χ0) is 12.0. The van der Waals surface area contributed by atoms with Gasteiger partial charge in [0.25, 0.3) is 0 Å². The number of amidine groups is 1. The van der Waals surface area contributed by atoms with Crippen LogP contribution in [0.15, 0.2) is 22.7 Å². The maximum atomic E-state index is 11.6. The van der Waals surface area contributed by atoms with Crippen molar-refractivity contribution in [3.63, 3.8) is 0 Å². The molecule has 88 valence electrons.